The first-order valence-corrected chi connectivity index (χ1v) is 6.59. The van der Waals surface area contributed by atoms with Crippen molar-refractivity contribution in [3.05, 3.63) is 57.6 Å². The number of hydrogen-bond donors (Lipinski definition) is 0. The van der Waals surface area contributed by atoms with E-state index in [4.69, 9.17) is 32.7 Å². The molecule has 0 atom stereocenters. The topological polar surface area (TPSA) is 35.5 Å². The molecule has 0 aliphatic carbocycles. The van der Waals surface area contributed by atoms with Crippen molar-refractivity contribution in [3.8, 4) is 11.5 Å². The number of carbonyl (C=O) groups excluding carboxylic acids is 1. The summed E-state index contributed by atoms with van der Waals surface area (Å²) >= 11 is 11.8. The van der Waals surface area contributed by atoms with E-state index in [9.17, 15) is 4.79 Å². The summed E-state index contributed by atoms with van der Waals surface area (Å²) in [6, 6.07) is 10.5. The van der Waals surface area contributed by atoms with Crippen molar-refractivity contribution in [3.63, 3.8) is 0 Å². The number of rotatable bonds is 5. The molecular weight excluding hydrogens is 299 g/mol. The molecule has 104 valence electrons. The van der Waals surface area contributed by atoms with Gasteiger partial charge in [-0.25, -0.2) is 0 Å². The number of benzene rings is 2. The van der Waals surface area contributed by atoms with E-state index in [2.05, 4.69) is 0 Å². The predicted molar refractivity (Wildman–Crippen MR) is 79.2 cm³/mol. The van der Waals surface area contributed by atoms with Gasteiger partial charge in [-0.15, -0.1) is 0 Å². The maximum Gasteiger partial charge on any atom is 0.155 e. The van der Waals surface area contributed by atoms with E-state index in [1.165, 1.54) is 6.07 Å². The van der Waals surface area contributed by atoms with Crippen molar-refractivity contribution in [2.24, 2.45) is 0 Å². The Bertz CT molecular complexity index is 609. The van der Waals surface area contributed by atoms with Gasteiger partial charge in [0, 0.05) is 5.02 Å². The molecule has 0 unspecified atom stereocenters. The van der Waals surface area contributed by atoms with Gasteiger partial charge in [0.25, 0.3) is 0 Å². The van der Waals surface area contributed by atoms with Crippen LogP contribution in [0, 0.1) is 0 Å². The lowest BCUT2D eigenvalue weighted by molar-refractivity contribution is 0.111. The molecule has 3 nitrogen and oxygen atoms in total. The van der Waals surface area contributed by atoms with Crippen LogP contribution in [0.3, 0.4) is 0 Å². The average molecular weight is 311 g/mol. The van der Waals surface area contributed by atoms with E-state index >= 15 is 0 Å². The first-order valence-electron chi connectivity index (χ1n) is 5.84. The molecule has 0 saturated heterocycles. The molecule has 20 heavy (non-hydrogen) atoms. The Morgan fingerprint density at radius 3 is 2.45 bits per heavy atom. The van der Waals surface area contributed by atoms with Gasteiger partial charge in [0.2, 0.25) is 0 Å². The highest BCUT2D eigenvalue weighted by atomic mass is 35.5. The Hall–Kier alpha value is -1.71. The van der Waals surface area contributed by atoms with Crippen molar-refractivity contribution in [1.29, 1.82) is 0 Å². The lowest BCUT2D eigenvalue weighted by Crippen LogP contribution is -1.99. The minimum absolute atomic E-state index is 0.275. The van der Waals surface area contributed by atoms with Gasteiger partial charge in [-0.2, -0.15) is 0 Å². The van der Waals surface area contributed by atoms with E-state index < -0.39 is 0 Å². The highest BCUT2D eigenvalue weighted by Crippen LogP contribution is 2.30. The lowest BCUT2D eigenvalue weighted by Gasteiger charge is -2.10. The molecule has 0 amide bonds. The summed E-state index contributed by atoms with van der Waals surface area (Å²) in [5.41, 5.74) is 1.24. The van der Waals surface area contributed by atoms with E-state index in [1.807, 2.05) is 24.3 Å². The second kappa shape index (κ2) is 6.64. The van der Waals surface area contributed by atoms with Gasteiger partial charge in [0.05, 0.1) is 17.7 Å². The first kappa shape index (κ1) is 14.7. The summed E-state index contributed by atoms with van der Waals surface area (Å²) in [6.45, 7) is 0.307. The molecule has 0 bridgehead atoms. The molecule has 2 aromatic rings. The number of aldehydes is 1. The molecule has 0 aliphatic rings. The fourth-order valence-electron chi connectivity index (χ4n) is 1.68. The van der Waals surface area contributed by atoms with Gasteiger partial charge >= 0.3 is 0 Å². The van der Waals surface area contributed by atoms with Gasteiger partial charge in [-0.3, -0.25) is 4.79 Å². The number of methoxy groups -OCH3 is 1. The Morgan fingerprint density at radius 2 is 1.85 bits per heavy atom. The molecule has 0 radical (unpaired) electrons. The van der Waals surface area contributed by atoms with Crippen LogP contribution in [0.5, 0.6) is 11.5 Å². The second-order valence-corrected chi connectivity index (χ2v) is 4.90. The fourth-order valence-corrected chi connectivity index (χ4v) is 2.20. The van der Waals surface area contributed by atoms with Gasteiger partial charge < -0.3 is 9.47 Å². The van der Waals surface area contributed by atoms with Crippen LogP contribution in [-0.2, 0) is 6.61 Å². The van der Waals surface area contributed by atoms with Crippen LogP contribution in [0.4, 0.5) is 0 Å². The quantitative estimate of drug-likeness (QED) is 0.768. The van der Waals surface area contributed by atoms with Crippen LogP contribution in [0.1, 0.15) is 15.9 Å². The number of halogens is 2. The average Bonchev–Trinajstić information content (AvgIpc) is 2.45. The van der Waals surface area contributed by atoms with Crippen molar-refractivity contribution in [2.45, 2.75) is 6.61 Å². The van der Waals surface area contributed by atoms with E-state index in [1.54, 1.807) is 13.2 Å². The van der Waals surface area contributed by atoms with Crippen LogP contribution in [0.15, 0.2) is 36.4 Å². The third-order valence-corrected chi connectivity index (χ3v) is 3.26. The highest BCUT2D eigenvalue weighted by molar-refractivity contribution is 6.36. The van der Waals surface area contributed by atoms with Crippen molar-refractivity contribution in [1.82, 2.24) is 0 Å². The van der Waals surface area contributed by atoms with Crippen molar-refractivity contribution in [2.75, 3.05) is 7.11 Å². The SMILES string of the molecule is COc1ccc(COc2cc(Cl)cc(Cl)c2C=O)cc1. The van der Waals surface area contributed by atoms with E-state index in [0.29, 0.717) is 29.2 Å². The molecule has 5 heteroatoms. The van der Waals surface area contributed by atoms with E-state index in [0.717, 1.165) is 11.3 Å². The Kier molecular flexibility index (Phi) is 4.88. The second-order valence-electron chi connectivity index (χ2n) is 4.05. The minimum atomic E-state index is 0.275. The monoisotopic (exact) mass is 310 g/mol. The van der Waals surface area contributed by atoms with Gasteiger partial charge in [0.1, 0.15) is 18.1 Å². The Labute approximate surface area is 127 Å². The Balaban J connectivity index is 2.15. The van der Waals surface area contributed by atoms with Crippen molar-refractivity contribution >= 4 is 29.5 Å². The van der Waals surface area contributed by atoms with Crippen LogP contribution in [-0.4, -0.2) is 13.4 Å². The fraction of sp³-hybridized carbons (Fsp3) is 0.133. The van der Waals surface area contributed by atoms with Crippen LogP contribution < -0.4 is 9.47 Å². The maximum absolute atomic E-state index is 11.0. The summed E-state index contributed by atoms with van der Waals surface area (Å²) in [7, 11) is 1.61. The maximum atomic E-state index is 11.0. The third kappa shape index (κ3) is 3.44. The van der Waals surface area contributed by atoms with E-state index in [-0.39, 0.29) is 5.02 Å². The van der Waals surface area contributed by atoms with Gasteiger partial charge in [-0.1, -0.05) is 35.3 Å². The van der Waals surface area contributed by atoms with Crippen LogP contribution >= 0.6 is 23.2 Å². The molecule has 0 aliphatic heterocycles. The number of carbonyl (C=O) groups is 1. The van der Waals surface area contributed by atoms with Crippen LogP contribution in [0.2, 0.25) is 10.0 Å². The zero-order valence-corrected chi connectivity index (χ0v) is 12.2. The molecule has 0 saturated carbocycles. The number of ether oxygens (including phenoxy) is 2. The molecule has 0 spiro atoms. The zero-order valence-electron chi connectivity index (χ0n) is 10.7. The summed E-state index contributed by atoms with van der Waals surface area (Å²) in [5, 5.41) is 0.697. The van der Waals surface area contributed by atoms with Gasteiger partial charge in [-0.05, 0) is 29.8 Å². The standard InChI is InChI=1S/C15H12Cl2O3/c1-19-12-4-2-10(3-5-12)9-20-15-7-11(16)6-14(17)13(15)8-18/h2-8H,9H2,1H3. The lowest BCUT2D eigenvalue weighted by atomic mass is 10.2. The van der Waals surface area contributed by atoms with Crippen molar-refractivity contribution < 1.29 is 14.3 Å². The largest absolute Gasteiger partial charge is 0.497 e. The normalized spacial score (nSPS) is 10.2. The molecule has 2 aromatic carbocycles. The number of hydrogen-bond acceptors (Lipinski definition) is 3. The smallest absolute Gasteiger partial charge is 0.155 e. The summed E-state index contributed by atoms with van der Waals surface area (Å²) in [4.78, 5) is 11.0. The molecule has 0 N–H and O–H groups in total. The Morgan fingerprint density at radius 1 is 1.15 bits per heavy atom. The molecule has 0 heterocycles. The first-order chi connectivity index (χ1) is 9.63. The predicted octanol–water partition coefficient (Wildman–Crippen LogP) is 4.39. The van der Waals surface area contributed by atoms with Crippen LogP contribution in [0.25, 0.3) is 0 Å². The third-order valence-electron chi connectivity index (χ3n) is 2.73. The van der Waals surface area contributed by atoms with Gasteiger partial charge in [0.15, 0.2) is 6.29 Å². The summed E-state index contributed by atoms with van der Waals surface area (Å²) < 4.78 is 10.7. The molecular formula is C15H12Cl2O3. The summed E-state index contributed by atoms with van der Waals surface area (Å²) in [6.07, 6.45) is 0.655. The molecule has 0 fully saturated rings. The highest BCUT2D eigenvalue weighted by Gasteiger charge is 2.10. The summed E-state index contributed by atoms with van der Waals surface area (Å²) in [5.74, 6) is 1.14. The minimum Gasteiger partial charge on any atom is -0.497 e. The zero-order chi connectivity index (χ0) is 14.5. The molecule has 0 aromatic heterocycles. The molecule has 2 rings (SSSR count).